The van der Waals surface area contributed by atoms with Crippen LogP contribution in [0.15, 0.2) is 29.2 Å². The number of nitriles is 1. The molecule has 3 unspecified atom stereocenters. The van der Waals surface area contributed by atoms with Crippen LogP contribution in [-0.2, 0) is 14.8 Å². The molecular weight excluding hydrogens is 424 g/mol. The molecule has 0 spiro atoms. The Morgan fingerprint density at radius 3 is 2.62 bits per heavy atom. The van der Waals surface area contributed by atoms with Crippen molar-refractivity contribution >= 4 is 15.9 Å². The quantitative estimate of drug-likeness (QED) is 0.685. The molecule has 1 amide bonds. The van der Waals surface area contributed by atoms with Gasteiger partial charge in [-0.05, 0) is 87.8 Å². The zero-order valence-electron chi connectivity index (χ0n) is 18.6. The SMILES string of the molecule is Cc1cccc(S(=O)(=O)NC23CC4CC(CC(NCC(=O)N5CCCC5C#N)(C4)C2)C3)c1. The molecule has 4 aliphatic carbocycles. The Bertz CT molecular complexity index is 1050. The number of amides is 1. The number of nitrogens with zero attached hydrogens (tertiary/aromatic N) is 2. The van der Waals surface area contributed by atoms with Gasteiger partial charge in [-0.15, -0.1) is 0 Å². The monoisotopic (exact) mass is 456 g/mol. The highest BCUT2D eigenvalue weighted by atomic mass is 32.2. The van der Waals surface area contributed by atoms with Gasteiger partial charge in [-0.1, -0.05) is 12.1 Å². The molecule has 0 radical (unpaired) electrons. The van der Waals surface area contributed by atoms with Crippen molar-refractivity contribution in [2.75, 3.05) is 13.1 Å². The number of aryl methyl sites for hydroxylation is 1. The Morgan fingerprint density at radius 1 is 1.22 bits per heavy atom. The smallest absolute Gasteiger partial charge is 0.241 e. The summed E-state index contributed by atoms with van der Waals surface area (Å²) in [6.45, 7) is 2.77. The minimum absolute atomic E-state index is 0.0146. The lowest BCUT2D eigenvalue weighted by Gasteiger charge is -2.62. The van der Waals surface area contributed by atoms with Crippen molar-refractivity contribution < 1.29 is 13.2 Å². The second kappa shape index (κ2) is 7.82. The number of nitrogens with one attached hydrogen (secondary N) is 2. The van der Waals surface area contributed by atoms with E-state index in [1.807, 2.05) is 13.0 Å². The third-order valence-corrected chi connectivity index (χ3v) is 9.62. The van der Waals surface area contributed by atoms with E-state index >= 15 is 0 Å². The van der Waals surface area contributed by atoms with E-state index in [4.69, 9.17) is 0 Å². The van der Waals surface area contributed by atoms with E-state index in [-0.39, 0.29) is 24.0 Å². The van der Waals surface area contributed by atoms with Crippen LogP contribution < -0.4 is 10.0 Å². The molecule has 1 heterocycles. The van der Waals surface area contributed by atoms with Crippen molar-refractivity contribution in [1.29, 1.82) is 5.26 Å². The van der Waals surface area contributed by atoms with E-state index in [1.54, 1.807) is 23.1 Å². The van der Waals surface area contributed by atoms with E-state index in [0.717, 1.165) is 50.5 Å². The second-order valence-corrected chi connectivity index (χ2v) is 12.4. The first-order valence-corrected chi connectivity index (χ1v) is 13.2. The maximum absolute atomic E-state index is 13.3. The minimum atomic E-state index is -3.62. The van der Waals surface area contributed by atoms with Crippen LogP contribution in [0.1, 0.15) is 56.9 Å². The molecule has 5 fully saturated rings. The zero-order chi connectivity index (χ0) is 22.6. The van der Waals surface area contributed by atoms with Gasteiger partial charge in [-0.25, -0.2) is 13.1 Å². The third-order valence-electron chi connectivity index (χ3n) is 8.05. The first-order valence-electron chi connectivity index (χ1n) is 11.8. The van der Waals surface area contributed by atoms with Crippen molar-refractivity contribution in [2.24, 2.45) is 11.8 Å². The van der Waals surface area contributed by atoms with Crippen LogP contribution in [-0.4, -0.2) is 49.4 Å². The Balaban J connectivity index is 1.33. The lowest BCUT2D eigenvalue weighted by atomic mass is 9.50. The Kier molecular flexibility index (Phi) is 5.35. The molecule has 172 valence electrons. The van der Waals surface area contributed by atoms with Gasteiger partial charge in [0.1, 0.15) is 6.04 Å². The lowest BCUT2D eigenvalue weighted by molar-refractivity contribution is -0.131. The van der Waals surface area contributed by atoms with E-state index in [2.05, 4.69) is 16.1 Å². The number of benzene rings is 1. The van der Waals surface area contributed by atoms with Crippen LogP contribution in [0.3, 0.4) is 0 Å². The first kappa shape index (κ1) is 21.9. The summed E-state index contributed by atoms with van der Waals surface area (Å²) in [6, 6.07) is 8.99. The molecule has 1 aliphatic heterocycles. The number of hydrogen-bond acceptors (Lipinski definition) is 5. The van der Waals surface area contributed by atoms with Crippen molar-refractivity contribution in [1.82, 2.24) is 14.9 Å². The van der Waals surface area contributed by atoms with Gasteiger partial charge in [-0.3, -0.25) is 4.79 Å². The van der Waals surface area contributed by atoms with Gasteiger partial charge >= 0.3 is 0 Å². The molecule has 0 aromatic heterocycles. The van der Waals surface area contributed by atoms with Gasteiger partial charge in [0.2, 0.25) is 15.9 Å². The minimum Gasteiger partial charge on any atom is -0.326 e. The number of rotatable bonds is 6. The summed E-state index contributed by atoms with van der Waals surface area (Å²) in [4.78, 5) is 14.9. The fraction of sp³-hybridized carbons (Fsp3) is 0.667. The molecule has 2 N–H and O–H groups in total. The summed E-state index contributed by atoms with van der Waals surface area (Å²) in [5.74, 6) is 0.926. The highest BCUT2D eigenvalue weighted by Crippen LogP contribution is 2.57. The maximum Gasteiger partial charge on any atom is 0.241 e. The van der Waals surface area contributed by atoms with Gasteiger partial charge < -0.3 is 10.2 Å². The number of sulfonamides is 1. The van der Waals surface area contributed by atoms with Crippen LogP contribution >= 0.6 is 0 Å². The van der Waals surface area contributed by atoms with Crippen LogP contribution in [0, 0.1) is 30.1 Å². The van der Waals surface area contributed by atoms with Crippen LogP contribution in [0.5, 0.6) is 0 Å². The summed E-state index contributed by atoms with van der Waals surface area (Å²) in [5, 5.41) is 12.9. The standard InChI is InChI=1S/C24H32N4O3S/c1-17-4-2-6-21(8-17)32(30,31)27-24-12-18-9-19(13-24)11-23(10-18,16-24)26-15-22(29)28-7-3-5-20(28)14-25/h2,4,6,8,18-20,26-27H,3,5,7,9-13,15-16H2,1H3. The summed E-state index contributed by atoms with van der Waals surface area (Å²) < 4.78 is 29.6. The molecule has 3 atom stereocenters. The van der Waals surface area contributed by atoms with Crippen molar-refractivity contribution in [2.45, 2.75) is 80.3 Å². The predicted molar refractivity (Wildman–Crippen MR) is 120 cm³/mol. The van der Waals surface area contributed by atoms with E-state index in [9.17, 15) is 18.5 Å². The molecule has 4 bridgehead atoms. The zero-order valence-corrected chi connectivity index (χ0v) is 19.5. The molecule has 7 nitrogen and oxygen atoms in total. The molecule has 8 heteroatoms. The highest BCUT2D eigenvalue weighted by Gasteiger charge is 2.58. The van der Waals surface area contributed by atoms with Crippen molar-refractivity contribution in [3.8, 4) is 6.07 Å². The molecule has 6 rings (SSSR count). The topological polar surface area (TPSA) is 102 Å². The number of carbonyl (C=O) groups is 1. The average Bonchev–Trinajstić information content (AvgIpc) is 3.19. The summed E-state index contributed by atoms with van der Waals surface area (Å²) in [5.41, 5.74) is 0.259. The largest absolute Gasteiger partial charge is 0.326 e. The lowest BCUT2D eigenvalue weighted by Crippen LogP contribution is -2.69. The van der Waals surface area contributed by atoms with E-state index in [0.29, 0.717) is 29.7 Å². The first-order chi connectivity index (χ1) is 15.2. The molecule has 4 saturated carbocycles. The normalized spacial score (nSPS) is 35.8. The summed E-state index contributed by atoms with van der Waals surface area (Å²) in [6.07, 6.45) is 7.22. The molecule has 1 saturated heterocycles. The van der Waals surface area contributed by atoms with Crippen molar-refractivity contribution in [3.63, 3.8) is 0 Å². The third kappa shape index (κ3) is 3.95. The molecule has 1 aromatic carbocycles. The highest BCUT2D eigenvalue weighted by molar-refractivity contribution is 7.89. The summed E-state index contributed by atoms with van der Waals surface area (Å²) >= 11 is 0. The maximum atomic E-state index is 13.3. The van der Waals surface area contributed by atoms with Gasteiger partial charge in [0.15, 0.2) is 0 Å². The second-order valence-electron chi connectivity index (χ2n) is 10.7. The van der Waals surface area contributed by atoms with Crippen LogP contribution in [0.4, 0.5) is 0 Å². The molecular formula is C24H32N4O3S. The predicted octanol–water partition coefficient (Wildman–Crippen LogP) is 2.47. The van der Waals surface area contributed by atoms with Crippen LogP contribution in [0.25, 0.3) is 0 Å². The van der Waals surface area contributed by atoms with Crippen molar-refractivity contribution in [3.05, 3.63) is 29.8 Å². The number of carbonyl (C=O) groups excluding carboxylic acids is 1. The van der Waals surface area contributed by atoms with Gasteiger partial charge in [0, 0.05) is 17.6 Å². The Hall–Kier alpha value is -1.95. The van der Waals surface area contributed by atoms with E-state index < -0.39 is 15.6 Å². The van der Waals surface area contributed by atoms with Gasteiger partial charge in [0.05, 0.1) is 17.5 Å². The number of hydrogen-bond donors (Lipinski definition) is 2. The molecule has 1 aromatic rings. The Labute approximate surface area is 190 Å². The molecule has 5 aliphatic rings. The Morgan fingerprint density at radius 2 is 1.94 bits per heavy atom. The fourth-order valence-electron chi connectivity index (χ4n) is 7.28. The fourth-order valence-corrected chi connectivity index (χ4v) is 8.80. The number of likely N-dealkylation sites (tertiary alicyclic amines) is 1. The average molecular weight is 457 g/mol. The molecule has 32 heavy (non-hydrogen) atoms. The van der Waals surface area contributed by atoms with Gasteiger partial charge in [0.25, 0.3) is 0 Å². The van der Waals surface area contributed by atoms with E-state index in [1.165, 1.54) is 0 Å². The summed E-state index contributed by atoms with van der Waals surface area (Å²) in [7, 11) is -3.62. The van der Waals surface area contributed by atoms with Crippen LogP contribution in [0.2, 0.25) is 0 Å². The van der Waals surface area contributed by atoms with Gasteiger partial charge in [-0.2, -0.15) is 5.26 Å².